The van der Waals surface area contributed by atoms with Crippen molar-refractivity contribution in [3.05, 3.63) is 29.6 Å². The second-order valence-electron chi connectivity index (χ2n) is 7.88. The van der Waals surface area contributed by atoms with Crippen molar-refractivity contribution < 1.29 is 28.6 Å². The molecule has 0 spiro atoms. The predicted molar refractivity (Wildman–Crippen MR) is 98.4 cm³/mol. The van der Waals surface area contributed by atoms with Crippen LogP contribution >= 0.6 is 0 Å². The van der Waals surface area contributed by atoms with Gasteiger partial charge in [0, 0.05) is 19.5 Å². The maximum atomic E-state index is 14.1. The average molecular weight is 381 g/mol. The zero-order chi connectivity index (χ0) is 20.0. The van der Waals surface area contributed by atoms with Crippen molar-refractivity contribution in [2.75, 3.05) is 19.7 Å². The monoisotopic (exact) mass is 381 g/mol. The fourth-order valence-electron chi connectivity index (χ4n) is 2.88. The van der Waals surface area contributed by atoms with E-state index in [9.17, 15) is 14.0 Å². The fraction of sp³-hybridized carbons (Fsp3) is 0.600. The first-order valence-corrected chi connectivity index (χ1v) is 9.25. The molecule has 0 aromatic heterocycles. The number of amides is 1. The van der Waals surface area contributed by atoms with Crippen LogP contribution in [0.15, 0.2) is 18.2 Å². The second kappa shape index (κ2) is 9.06. The number of carbonyl (C=O) groups is 2. The smallest absolute Gasteiger partial charge is 0.410 e. The first kappa shape index (κ1) is 21.0. The normalized spacial score (nSPS) is 15.5. The summed E-state index contributed by atoms with van der Waals surface area (Å²) in [5.41, 5.74) is 0.124. The van der Waals surface area contributed by atoms with Crippen molar-refractivity contribution in [3.8, 4) is 5.75 Å². The van der Waals surface area contributed by atoms with E-state index in [-0.39, 0.29) is 30.6 Å². The molecule has 1 aliphatic rings. The Bertz CT molecular complexity index is 663. The number of hydrogen-bond acceptors (Lipinski definition) is 4. The molecule has 1 N–H and O–H groups in total. The molecule has 0 saturated carbocycles. The number of piperidine rings is 1. The van der Waals surface area contributed by atoms with Gasteiger partial charge < -0.3 is 19.5 Å². The first-order chi connectivity index (χ1) is 12.6. The van der Waals surface area contributed by atoms with Crippen molar-refractivity contribution in [1.82, 2.24) is 4.90 Å². The Morgan fingerprint density at radius 3 is 2.48 bits per heavy atom. The maximum absolute atomic E-state index is 14.1. The van der Waals surface area contributed by atoms with Crippen LogP contribution in [-0.2, 0) is 16.0 Å². The van der Waals surface area contributed by atoms with Gasteiger partial charge in [0.25, 0.3) is 0 Å². The molecule has 1 fully saturated rings. The summed E-state index contributed by atoms with van der Waals surface area (Å²) >= 11 is 0. The van der Waals surface area contributed by atoms with E-state index >= 15 is 0 Å². The standard InChI is InChI=1S/C20H28FNO5/c1-20(2,3)27-19(25)22-10-8-15(9-11-22)13-26-17-6-4-14(12-16(17)21)5-7-18(23)24/h4,6,12,15H,5,7-11,13H2,1-3H3,(H,23,24). The highest BCUT2D eigenvalue weighted by molar-refractivity contribution is 5.68. The zero-order valence-electron chi connectivity index (χ0n) is 16.2. The van der Waals surface area contributed by atoms with Gasteiger partial charge in [-0.1, -0.05) is 6.07 Å². The molecule has 0 bridgehead atoms. The molecule has 1 aromatic rings. The van der Waals surface area contributed by atoms with Crippen LogP contribution in [-0.4, -0.2) is 47.4 Å². The number of carboxylic acids is 1. The van der Waals surface area contributed by atoms with Gasteiger partial charge in [0.05, 0.1) is 6.61 Å². The highest BCUT2D eigenvalue weighted by Crippen LogP contribution is 2.23. The van der Waals surface area contributed by atoms with Gasteiger partial charge in [0.2, 0.25) is 0 Å². The van der Waals surface area contributed by atoms with Gasteiger partial charge in [-0.05, 0) is 63.6 Å². The lowest BCUT2D eigenvalue weighted by atomic mass is 9.98. The average Bonchev–Trinajstić information content (AvgIpc) is 2.58. The lowest BCUT2D eigenvalue weighted by Gasteiger charge is -2.33. The Balaban J connectivity index is 1.78. The van der Waals surface area contributed by atoms with Gasteiger partial charge in [0.15, 0.2) is 11.6 Å². The lowest BCUT2D eigenvalue weighted by molar-refractivity contribution is -0.136. The van der Waals surface area contributed by atoms with E-state index in [2.05, 4.69) is 0 Å². The largest absolute Gasteiger partial charge is 0.490 e. The summed E-state index contributed by atoms with van der Waals surface area (Å²) in [6, 6.07) is 4.55. The Hall–Kier alpha value is -2.31. The molecule has 150 valence electrons. The third-order valence-electron chi connectivity index (χ3n) is 4.36. The van der Waals surface area contributed by atoms with Gasteiger partial charge >= 0.3 is 12.1 Å². The molecule has 0 aliphatic carbocycles. The van der Waals surface area contributed by atoms with E-state index in [1.165, 1.54) is 6.07 Å². The van der Waals surface area contributed by atoms with Crippen LogP contribution in [0.3, 0.4) is 0 Å². The molecule has 1 aromatic carbocycles. The zero-order valence-corrected chi connectivity index (χ0v) is 16.2. The molecule has 1 amide bonds. The van der Waals surface area contributed by atoms with Crippen molar-refractivity contribution in [3.63, 3.8) is 0 Å². The minimum Gasteiger partial charge on any atom is -0.490 e. The van der Waals surface area contributed by atoms with Crippen LogP contribution in [0.2, 0.25) is 0 Å². The quantitative estimate of drug-likeness (QED) is 0.810. The molecular formula is C20H28FNO5. The van der Waals surface area contributed by atoms with Crippen molar-refractivity contribution in [2.45, 2.75) is 52.1 Å². The third-order valence-corrected chi connectivity index (χ3v) is 4.36. The third kappa shape index (κ3) is 7.07. The number of carboxylic acid groups (broad SMARTS) is 1. The molecule has 0 unspecified atom stereocenters. The molecule has 6 nitrogen and oxygen atoms in total. The fourth-order valence-corrected chi connectivity index (χ4v) is 2.88. The number of nitrogens with zero attached hydrogens (tertiary/aromatic N) is 1. The minimum absolute atomic E-state index is 0.0319. The summed E-state index contributed by atoms with van der Waals surface area (Å²) in [7, 11) is 0. The summed E-state index contributed by atoms with van der Waals surface area (Å²) in [6.07, 6.45) is 1.51. The molecule has 1 saturated heterocycles. The molecule has 2 rings (SSSR count). The summed E-state index contributed by atoms with van der Waals surface area (Å²) in [6.45, 7) is 7.10. The molecule has 0 atom stereocenters. The number of likely N-dealkylation sites (tertiary alicyclic amines) is 1. The molecule has 7 heteroatoms. The second-order valence-corrected chi connectivity index (χ2v) is 7.88. The maximum Gasteiger partial charge on any atom is 0.410 e. The van der Waals surface area contributed by atoms with Crippen LogP contribution in [0.4, 0.5) is 9.18 Å². The summed E-state index contributed by atoms with van der Waals surface area (Å²) in [5, 5.41) is 8.68. The first-order valence-electron chi connectivity index (χ1n) is 9.25. The van der Waals surface area contributed by atoms with Crippen molar-refractivity contribution in [1.29, 1.82) is 0 Å². The highest BCUT2D eigenvalue weighted by atomic mass is 19.1. The van der Waals surface area contributed by atoms with E-state index in [1.807, 2.05) is 20.8 Å². The van der Waals surface area contributed by atoms with E-state index in [0.717, 1.165) is 12.8 Å². The van der Waals surface area contributed by atoms with Crippen LogP contribution in [0.1, 0.15) is 45.6 Å². The highest BCUT2D eigenvalue weighted by Gasteiger charge is 2.27. The number of hydrogen-bond donors (Lipinski definition) is 1. The van der Waals surface area contributed by atoms with E-state index in [1.54, 1.807) is 17.0 Å². The molecule has 1 aliphatic heterocycles. The van der Waals surface area contributed by atoms with Gasteiger partial charge in [-0.15, -0.1) is 0 Å². The van der Waals surface area contributed by atoms with Gasteiger partial charge in [-0.3, -0.25) is 4.79 Å². The number of rotatable bonds is 6. The number of benzene rings is 1. The van der Waals surface area contributed by atoms with Crippen molar-refractivity contribution in [2.24, 2.45) is 5.92 Å². The number of ether oxygens (including phenoxy) is 2. The Morgan fingerprint density at radius 2 is 1.93 bits per heavy atom. The van der Waals surface area contributed by atoms with E-state index in [0.29, 0.717) is 25.3 Å². The Labute approximate surface area is 159 Å². The minimum atomic E-state index is -0.909. The molecule has 27 heavy (non-hydrogen) atoms. The van der Waals surface area contributed by atoms with Gasteiger partial charge in [0.1, 0.15) is 5.60 Å². The van der Waals surface area contributed by atoms with Gasteiger partial charge in [-0.25, -0.2) is 9.18 Å². The topological polar surface area (TPSA) is 76.1 Å². The summed E-state index contributed by atoms with van der Waals surface area (Å²) < 4.78 is 25.1. The summed E-state index contributed by atoms with van der Waals surface area (Å²) in [4.78, 5) is 24.3. The van der Waals surface area contributed by atoms with Gasteiger partial charge in [-0.2, -0.15) is 0 Å². The van der Waals surface area contributed by atoms with Crippen molar-refractivity contribution >= 4 is 12.1 Å². The van der Waals surface area contributed by atoms with Crippen LogP contribution in [0.5, 0.6) is 5.75 Å². The predicted octanol–water partition coefficient (Wildman–Crippen LogP) is 3.87. The SMILES string of the molecule is CC(C)(C)OC(=O)N1CCC(COc2ccc(CCC(=O)O)cc2F)CC1. The Morgan fingerprint density at radius 1 is 1.26 bits per heavy atom. The number of aryl methyl sites for hydroxylation is 1. The Kier molecular flexibility index (Phi) is 7.05. The molecule has 0 radical (unpaired) electrons. The van der Waals surface area contributed by atoms with Crippen LogP contribution in [0.25, 0.3) is 0 Å². The molecule has 1 heterocycles. The van der Waals surface area contributed by atoms with E-state index < -0.39 is 17.4 Å². The number of halogens is 1. The summed E-state index contributed by atoms with van der Waals surface area (Å²) in [5.74, 6) is -0.976. The number of aliphatic carboxylic acids is 1. The van der Waals surface area contributed by atoms with Crippen LogP contribution < -0.4 is 4.74 Å². The number of carbonyl (C=O) groups excluding carboxylic acids is 1. The molecular weight excluding hydrogens is 353 g/mol. The van der Waals surface area contributed by atoms with E-state index in [4.69, 9.17) is 14.6 Å². The lowest BCUT2D eigenvalue weighted by Crippen LogP contribution is -2.42. The van der Waals surface area contributed by atoms with Crippen LogP contribution in [0, 0.1) is 11.7 Å².